The van der Waals surface area contributed by atoms with Crippen molar-refractivity contribution in [2.75, 3.05) is 44.3 Å². The number of fused-ring (bicyclic) bond motifs is 8. The maximum Gasteiger partial charge on any atom is 0.420 e. The van der Waals surface area contributed by atoms with Gasteiger partial charge in [-0.05, 0) is 56.6 Å². The van der Waals surface area contributed by atoms with Crippen LogP contribution >= 0.6 is 11.8 Å². The minimum atomic E-state index is -4.90. The van der Waals surface area contributed by atoms with Crippen molar-refractivity contribution in [3.63, 3.8) is 0 Å². The number of rotatable bonds is 7. The summed E-state index contributed by atoms with van der Waals surface area (Å²) in [7, 11) is 0. The Labute approximate surface area is 291 Å². The van der Waals surface area contributed by atoms with Gasteiger partial charge in [0.2, 0.25) is 0 Å². The number of piperazine rings is 1. The molecule has 264 valence electrons. The Morgan fingerprint density at radius 1 is 1.12 bits per heavy atom. The van der Waals surface area contributed by atoms with Gasteiger partial charge in [0.15, 0.2) is 0 Å². The molecule has 2 aromatic rings. The molecule has 6 atom stereocenters. The first-order chi connectivity index (χ1) is 24.1. The van der Waals surface area contributed by atoms with Gasteiger partial charge in [0.1, 0.15) is 17.2 Å². The first kappa shape index (κ1) is 32.5. The van der Waals surface area contributed by atoms with E-state index in [-0.39, 0.29) is 56.7 Å². The number of morpholine rings is 1. The molecule has 8 aliphatic rings. The van der Waals surface area contributed by atoms with Crippen molar-refractivity contribution in [2.24, 2.45) is 17.1 Å². The number of halogens is 4. The summed E-state index contributed by atoms with van der Waals surface area (Å²) in [6.45, 7) is 3.94. The van der Waals surface area contributed by atoms with E-state index in [1.165, 1.54) is 12.3 Å². The third-order valence-electron chi connectivity index (χ3n) is 11.6. The van der Waals surface area contributed by atoms with Crippen LogP contribution in [-0.4, -0.2) is 88.7 Å². The van der Waals surface area contributed by atoms with Crippen LogP contribution in [0.25, 0.3) is 16.5 Å². The zero-order valence-electron chi connectivity index (χ0n) is 27.4. The van der Waals surface area contributed by atoms with Gasteiger partial charge in [-0.25, -0.2) is 4.39 Å². The fraction of sp³-hybridized carbons (Fsp3) is 0.600. The van der Waals surface area contributed by atoms with E-state index in [1.54, 1.807) is 0 Å². The van der Waals surface area contributed by atoms with Crippen molar-refractivity contribution >= 4 is 34.1 Å². The number of thioether (sulfide) groups is 1. The first-order valence-electron chi connectivity index (χ1n) is 17.5. The van der Waals surface area contributed by atoms with E-state index >= 15 is 13.2 Å². The molecule has 1 saturated carbocycles. The minimum Gasteiger partial charge on any atom is -0.463 e. The van der Waals surface area contributed by atoms with Crippen LogP contribution in [0.2, 0.25) is 0 Å². The lowest BCUT2D eigenvalue weighted by Crippen LogP contribution is -2.51. The topological polar surface area (TPSA) is 125 Å². The summed E-state index contributed by atoms with van der Waals surface area (Å²) in [4.78, 5) is 18.2. The molecule has 0 amide bonds. The third-order valence-corrected chi connectivity index (χ3v) is 12.8. The van der Waals surface area contributed by atoms with Crippen molar-refractivity contribution < 1.29 is 27.0 Å². The van der Waals surface area contributed by atoms with Crippen molar-refractivity contribution in [3.8, 4) is 12.1 Å². The lowest BCUT2D eigenvalue weighted by molar-refractivity contribution is -0.136. The molecule has 10 nitrogen and oxygen atoms in total. The second-order valence-electron chi connectivity index (χ2n) is 15.0. The second-order valence-corrected chi connectivity index (χ2v) is 16.1. The summed E-state index contributed by atoms with van der Waals surface area (Å²) in [5, 5.41) is 12.8. The predicted octanol–water partition coefficient (Wildman–Crippen LogP) is 5.07. The van der Waals surface area contributed by atoms with E-state index in [1.807, 2.05) is 11.0 Å². The van der Waals surface area contributed by atoms with Crippen LogP contribution in [-0.2, 0) is 10.9 Å². The number of alkyl halides is 3. The molecular formula is C35H38F4N8O2S. The number of aromatic nitrogens is 3. The monoisotopic (exact) mass is 710 g/mol. The highest BCUT2D eigenvalue weighted by Gasteiger charge is 2.49. The average Bonchev–Trinajstić information content (AvgIpc) is 3.78. The number of anilines is 1. The van der Waals surface area contributed by atoms with Gasteiger partial charge in [-0.3, -0.25) is 9.88 Å². The molecule has 4 bridgehead atoms. The number of allylic oxidation sites excluding steroid dienone is 4. The standard InChI is InChI=1S/C35H38F4N8O2S/c36-25-7-6-22(26-23(10-40)31(41)50-30(25)26)28-27(35(37,38)39)29-24(11-42-28)32(46-12-18-4-5-19(13-46)43-18)45-33(44-29)49-17-34(8-9-34)16-47-14-21-3-1-2-20(47)15-48-21/h6-7,11,18-21,26,30,43H,1-5,8-9,12-17,41H2. The van der Waals surface area contributed by atoms with Gasteiger partial charge in [-0.2, -0.15) is 28.4 Å². The Bertz CT molecular complexity index is 1860. The molecule has 3 N–H and O–H groups in total. The largest absolute Gasteiger partial charge is 0.463 e. The van der Waals surface area contributed by atoms with Gasteiger partial charge >= 0.3 is 12.2 Å². The fourth-order valence-corrected chi connectivity index (χ4v) is 10.0. The Balaban J connectivity index is 1.12. The Kier molecular flexibility index (Phi) is 7.83. The normalized spacial score (nSPS) is 31.7. The van der Waals surface area contributed by atoms with E-state index in [0.29, 0.717) is 31.6 Å². The van der Waals surface area contributed by atoms with E-state index in [9.17, 15) is 9.65 Å². The van der Waals surface area contributed by atoms with Crippen LogP contribution in [0, 0.1) is 22.7 Å². The first-order valence-corrected chi connectivity index (χ1v) is 18.4. The molecule has 6 fully saturated rings. The van der Waals surface area contributed by atoms with Crippen LogP contribution in [0.15, 0.2) is 34.8 Å². The molecule has 2 aromatic heterocycles. The van der Waals surface area contributed by atoms with Gasteiger partial charge in [-0.1, -0.05) is 17.8 Å². The lowest BCUT2D eigenvalue weighted by Gasteiger charge is -2.38. The summed E-state index contributed by atoms with van der Waals surface area (Å²) < 4.78 is 73.5. The van der Waals surface area contributed by atoms with Gasteiger partial charge < -0.3 is 25.4 Å². The fourth-order valence-electron chi connectivity index (χ4n) is 8.85. The molecule has 0 aromatic carbocycles. The quantitative estimate of drug-likeness (QED) is 0.374. The minimum absolute atomic E-state index is 0.0344. The van der Waals surface area contributed by atoms with Crippen LogP contribution in [0.3, 0.4) is 0 Å². The SMILES string of the molecule is N#CC1=C(N)SC2C(F)=CC=C(c3ncc4c(N5CC6CCC(C5)N6)nc(OCC5(CN6CC7CCCC6CO7)CC5)nc4c3C(F)(F)F)C12. The molecule has 0 spiro atoms. The molecule has 6 aliphatic heterocycles. The molecular weight excluding hydrogens is 672 g/mol. The van der Waals surface area contributed by atoms with Crippen LogP contribution in [0.5, 0.6) is 6.01 Å². The van der Waals surface area contributed by atoms with Crippen molar-refractivity contribution in [1.82, 2.24) is 25.2 Å². The Hall–Kier alpha value is -3.45. The maximum absolute atomic E-state index is 15.4. The summed E-state index contributed by atoms with van der Waals surface area (Å²) in [5.74, 6) is -1.22. The van der Waals surface area contributed by atoms with E-state index < -0.39 is 34.4 Å². The second kappa shape index (κ2) is 12.1. The number of ether oxygens (including phenoxy) is 2. The molecule has 0 radical (unpaired) electrons. The van der Waals surface area contributed by atoms with Crippen molar-refractivity contribution in [3.05, 3.63) is 46.0 Å². The van der Waals surface area contributed by atoms with E-state index in [4.69, 9.17) is 20.2 Å². The Morgan fingerprint density at radius 2 is 1.92 bits per heavy atom. The number of pyridine rings is 1. The van der Waals surface area contributed by atoms with Gasteiger partial charge in [0.25, 0.3) is 0 Å². The highest BCUT2D eigenvalue weighted by molar-refractivity contribution is 8.04. The average molecular weight is 711 g/mol. The molecule has 50 heavy (non-hydrogen) atoms. The van der Waals surface area contributed by atoms with E-state index in [2.05, 4.69) is 20.2 Å². The van der Waals surface area contributed by atoms with Gasteiger partial charge in [0, 0.05) is 61.8 Å². The summed E-state index contributed by atoms with van der Waals surface area (Å²) in [6.07, 6.45) is 6.34. The molecule has 5 saturated heterocycles. The highest BCUT2D eigenvalue weighted by Crippen LogP contribution is 2.53. The molecule has 8 heterocycles. The smallest absolute Gasteiger partial charge is 0.420 e. The zero-order valence-corrected chi connectivity index (χ0v) is 28.2. The van der Waals surface area contributed by atoms with Crippen molar-refractivity contribution in [1.29, 1.82) is 5.26 Å². The summed E-state index contributed by atoms with van der Waals surface area (Å²) >= 11 is 0.941. The molecule has 15 heteroatoms. The number of nitrogens with two attached hydrogens (primary N) is 1. The predicted molar refractivity (Wildman–Crippen MR) is 179 cm³/mol. The van der Waals surface area contributed by atoms with Gasteiger partial charge in [0.05, 0.1) is 57.8 Å². The molecule has 10 rings (SSSR count). The summed E-state index contributed by atoms with van der Waals surface area (Å²) in [5.41, 5.74) is 4.28. The third kappa shape index (κ3) is 5.63. The van der Waals surface area contributed by atoms with Crippen molar-refractivity contribution in [2.45, 2.75) is 80.6 Å². The lowest BCUT2D eigenvalue weighted by atomic mass is 9.82. The molecule has 2 aliphatic carbocycles. The number of hydrogen-bond acceptors (Lipinski definition) is 11. The van der Waals surface area contributed by atoms with Gasteiger partial charge in [-0.15, -0.1) is 0 Å². The van der Waals surface area contributed by atoms with Crippen LogP contribution in [0.4, 0.5) is 23.4 Å². The van der Waals surface area contributed by atoms with Crippen LogP contribution < -0.4 is 20.7 Å². The summed E-state index contributed by atoms with van der Waals surface area (Å²) in [6, 6.07) is 2.68. The number of hydrogen-bond donors (Lipinski definition) is 2. The maximum atomic E-state index is 15.4. The van der Waals surface area contributed by atoms with E-state index in [0.717, 1.165) is 82.5 Å². The van der Waals surface area contributed by atoms with Crippen LogP contribution in [0.1, 0.15) is 56.2 Å². The number of nitrogens with zero attached hydrogens (tertiary/aromatic N) is 6. The Morgan fingerprint density at radius 3 is 2.66 bits per heavy atom. The highest BCUT2D eigenvalue weighted by atomic mass is 32.2. The zero-order chi connectivity index (χ0) is 34.4. The number of nitriles is 1. The number of nitrogens with one attached hydrogen (secondary N) is 1. The molecule has 6 unspecified atom stereocenters.